The second-order valence-electron chi connectivity index (χ2n) is 5.83. The van der Waals surface area contributed by atoms with Crippen molar-refractivity contribution in [1.29, 1.82) is 0 Å². The first-order chi connectivity index (χ1) is 9.55. The number of nitrogens with zero attached hydrogens (tertiary/aromatic N) is 3. The zero-order valence-electron chi connectivity index (χ0n) is 11.9. The number of amides is 1. The fraction of sp³-hybridized carbons (Fsp3) is 0.571. The standard InChI is InChI=1S/C14H20N4O2/c1-14(2)10-18(13(19)20-14)11-3-4-12(16-9-11)17-7-5-15-6-8-17/h3-4,9,15H,5-8,10H2,1-2H3. The summed E-state index contributed by atoms with van der Waals surface area (Å²) in [5.74, 6) is 0.960. The molecule has 0 bridgehead atoms. The second-order valence-corrected chi connectivity index (χ2v) is 5.83. The van der Waals surface area contributed by atoms with Crippen molar-refractivity contribution in [2.75, 3.05) is 42.5 Å². The minimum absolute atomic E-state index is 0.299. The molecule has 0 saturated carbocycles. The van der Waals surface area contributed by atoms with E-state index >= 15 is 0 Å². The molecule has 108 valence electrons. The lowest BCUT2D eigenvalue weighted by Crippen LogP contribution is -2.43. The number of piperazine rings is 1. The van der Waals surface area contributed by atoms with Gasteiger partial charge >= 0.3 is 6.09 Å². The van der Waals surface area contributed by atoms with Crippen LogP contribution in [0.3, 0.4) is 0 Å². The van der Waals surface area contributed by atoms with Crippen LogP contribution in [0.1, 0.15) is 13.8 Å². The number of aromatic nitrogens is 1. The predicted molar refractivity (Wildman–Crippen MR) is 77.2 cm³/mol. The molecule has 6 heteroatoms. The smallest absolute Gasteiger partial charge is 0.415 e. The number of ether oxygens (including phenoxy) is 1. The van der Waals surface area contributed by atoms with Gasteiger partial charge in [0, 0.05) is 26.2 Å². The monoisotopic (exact) mass is 276 g/mol. The molecule has 0 unspecified atom stereocenters. The summed E-state index contributed by atoms with van der Waals surface area (Å²) in [5.41, 5.74) is 0.355. The first kappa shape index (κ1) is 13.2. The molecular weight excluding hydrogens is 256 g/mol. The molecule has 1 aromatic rings. The molecule has 0 aromatic carbocycles. The zero-order chi connectivity index (χ0) is 14.2. The average molecular weight is 276 g/mol. The highest BCUT2D eigenvalue weighted by molar-refractivity contribution is 5.90. The van der Waals surface area contributed by atoms with E-state index in [1.54, 1.807) is 11.1 Å². The molecule has 1 N–H and O–H groups in total. The average Bonchev–Trinajstić information content (AvgIpc) is 2.73. The normalized spacial score (nSPS) is 22.0. The lowest BCUT2D eigenvalue weighted by Gasteiger charge is -2.28. The van der Waals surface area contributed by atoms with Gasteiger partial charge in [-0.2, -0.15) is 0 Å². The number of rotatable bonds is 2. The third kappa shape index (κ3) is 2.56. The number of hydrogen-bond donors (Lipinski definition) is 1. The van der Waals surface area contributed by atoms with Crippen molar-refractivity contribution in [1.82, 2.24) is 10.3 Å². The summed E-state index contributed by atoms with van der Waals surface area (Å²) in [7, 11) is 0. The highest BCUT2D eigenvalue weighted by Gasteiger charge is 2.38. The first-order valence-electron chi connectivity index (χ1n) is 6.97. The van der Waals surface area contributed by atoms with Crippen LogP contribution >= 0.6 is 0 Å². The largest absolute Gasteiger partial charge is 0.441 e. The maximum Gasteiger partial charge on any atom is 0.415 e. The van der Waals surface area contributed by atoms with Gasteiger partial charge < -0.3 is 15.0 Å². The van der Waals surface area contributed by atoms with Crippen molar-refractivity contribution in [2.24, 2.45) is 0 Å². The molecule has 2 aliphatic heterocycles. The van der Waals surface area contributed by atoms with Crippen molar-refractivity contribution in [3.63, 3.8) is 0 Å². The van der Waals surface area contributed by atoms with Crippen molar-refractivity contribution in [3.8, 4) is 0 Å². The van der Waals surface area contributed by atoms with Crippen molar-refractivity contribution < 1.29 is 9.53 Å². The summed E-state index contributed by atoms with van der Waals surface area (Å²) in [4.78, 5) is 20.2. The van der Waals surface area contributed by atoms with Gasteiger partial charge in [-0.25, -0.2) is 9.78 Å². The van der Waals surface area contributed by atoms with Crippen LogP contribution in [0.5, 0.6) is 0 Å². The van der Waals surface area contributed by atoms with E-state index in [0.717, 1.165) is 37.7 Å². The van der Waals surface area contributed by atoms with E-state index in [2.05, 4.69) is 15.2 Å². The Balaban J connectivity index is 1.74. The van der Waals surface area contributed by atoms with Gasteiger partial charge in [0.1, 0.15) is 11.4 Å². The summed E-state index contributed by atoms with van der Waals surface area (Å²) in [6, 6.07) is 3.91. The molecule has 20 heavy (non-hydrogen) atoms. The summed E-state index contributed by atoms with van der Waals surface area (Å²) in [6.45, 7) is 8.27. The van der Waals surface area contributed by atoms with E-state index in [9.17, 15) is 4.79 Å². The molecular formula is C14H20N4O2. The Hall–Kier alpha value is -1.82. The molecule has 2 saturated heterocycles. The van der Waals surface area contributed by atoms with Gasteiger partial charge in [0.2, 0.25) is 0 Å². The van der Waals surface area contributed by atoms with Crippen LogP contribution in [0.25, 0.3) is 0 Å². The third-order valence-corrected chi connectivity index (χ3v) is 3.61. The lowest BCUT2D eigenvalue weighted by molar-refractivity contribution is 0.0871. The molecule has 0 spiro atoms. The van der Waals surface area contributed by atoms with Crippen LogP contribution < -0.4 is 15.1 Å². The maximum atomic E-state index is 11.8. The van der Waals surface area contributed by atoms with Crippen LogP contribution in [0.4, 0.5) is 16.3 Å². The summed E-state index contributed by atoms with van der Waals surface area (Å²) >= 11 is 0. The summed E-state index contributed by atoms with van der Waals surface area (Å²) in [5, 5.41) is 3.32. The molecule has 3 heterocycles. The van der Waals surface area contributed by atoms with Crippen LogP contribution in [0.15, 0.2) is 18.3 Å². The molecule has 0 aliphatic carbocycles. The molecule has 3 rings (SSSR count). The van der Waals surface area contributed by atoms with Gasteiger partial charge in [-0.05, 0) is 26.0 Å². The highest BCUT2D eigenvalue weighted by atomic mass is 16.6. The Kier molecular flexibility index (Phi) is 3.25. The number of hydrogen-bond acceptors (Lipinski definition) is 5. The topological polar surface area (TPSA) is 57.7 Å². The maximum absolute atomic E-state index is 11.8. The fourth-order valence-electron chi connectivity index (χ4n) is 2.58. The fourth-order valence-corrected chi connectivity index (χ4v) is 2.58. The number of cyclic esters (lactones) is 1. The molecule has 1 aromatic heterocycles. The quantitative estimate of drug-likeness (QED) is 0.880. The van der Waals surface area contributed by atoms with Crippen molar-refractivity contribution in [2.45, 2.75) is 19.4 Å². The lowest BCUT2D eigenvalue weighted by atomic mass is 10.1. The Morgan fingerprint density at radius 3 is 2.60 bits per heavy atom. The SMILES string of the molecule is CC1(C)CN(c2ccc(N3CCNCC3)nc2)C(=O)O1. The minimum Gasteiger partial charge on any atom is -0.441 e. The number of nitrogens with one attached hydrogen (secondary N) is 1. The Morgan fingerprint density at radius 1 is 1.30 bits per heavy atom. The number of carbonyl (C=O) groups is 1. The number of carbonyl (C=O) groups excluding carboxylic acids is 1. The van der Waals surface area contributed by atoms with E-state index in [4.69, 9.17) is 4.74 Å². The van der Waals surface area contributed by atoms with Crippen molar-refractivity contribution in [3.05, 3.63) is 18.3 Å². The van der Waals surface area contributed by atoms with Gasteiger partial charge in [-0.3, -0.25) is 4.90 Å². The zero-order valence-corrected chi connectivity index (χ0v) is 11.9. The summed E-state index contributed by atoms with van der Waals surface area (Å²) in [6.07, 6.45) is 1.45. The Bertz CT molecular complexity index is 494. The van der Waals surface area contributed by atoms with Gasteiger partial charge in [0.05, 0.1) is 18.4 Å². The van der Waals surface area contributed by atoms with E-state index in [-0.39, 0.29) is 6.09 Å². The Labute approximate surface area is 118 Å². The van der Waals surface area contributed by atoms with Gasteiger partial charge in [0.15, 0.2) is 0 Å². The Morgan fingerprint density at radius 2 is 2.05 bits per heavy atom. The van der Waals surface area contributed by atoms with Gasteiger partial charge in [-0.15, -0.1) is 0 Å². The van der Waals surface area contributed by atoms with Crippen LogP contribution in [-0.2, 0) is 4.74 Å². The van der Waals surface area contributed by atoms with E-state index in [0.29, 0.717) is 6.54 Å². The molecule has 2 fully saturated rings. The minimum atomic E-state index is -0.436. The third-order valence-electron chi connectivity index (χ3n) is 3.61. The molecule has 0 radical (unpaired) electrons. The van der Waals surface area contributed by atoms with E-state index < -0.39 is 5.60 Å². The van der Waals surface area contributed by atoms with Crippen LogP contribution in [0.2, 0.25) is 0 Å². The van der Waals surface area contributed by atoms with Gasteiger partial charge in [0.25, 0.3) is 0 Å². The molecule has 2 aliphatic rings. The van der Waals surface area contributed by atoms with E-state index in [1.807, 2.05) is 26.0 Å². The van der Waals surface area contributed by atoms with Gasteiger partial charge in [-0.1, -0.05) is 0 Å². The van der Waals surface area contributed by atoms with E-state index in [1.165, 1.54) is 0 Å². The predicted octanol–water partition coefficient (Wildman–Crippen LogP) is 1.23. The van der Waals surface area contributed by atoms with Crippen molar-refractivity contribution >= 4 is 17.6 Å². The number of anilines is 2. The summed E-state index contributed by atoms with van der Waals surface area (Å²) < 4.78 is 5.30. The highest BCUT2D eigenvalue weighted by Crippen LogP contribution is 2.27. The first-order valence-corrected chi connectivity index (χ1v) is 6.97. The molecule has 0 atom stereocenters. The van der Waals surface area contributed by atoms with Crippen LogP contribution in [-0.4, -0.2) is 49.4 Å². The number of pyridine rings is 1. The second kappa shape index (κ2) is 4.94. The molecule has 6 nitrogen and oxygen atoms in total. The molecule has 1 amide bonds. The van der Waals surface area contributed by atoms with Crippen LogP contribution in [0, 0.1) is 0 Å².